The Bertz CT molecular complexity index is 1010. The molecule has 2 aliphatic heterocycles. The van der Waals surface area contributed by atoms with Crippen LogP contribution in [0.25, 0.3) is 11.0 Å². The number of carbonyl (C=O) groups excluding carboxylic acids is 2. The van der Waals surface area contributed by atoms with Crippen LogP contribution in [0, 0.1) is 6.92 Å². The van der Waals surface area contributed by atoms with E-state index in [0.29, 0.717) is 53.8 Å². The average Bonchev–Trinajstić information content (AvgIpc) is 3.20. The summed E-state index contributed by atoms with van der Waals surface area (Å²) >= 11 is 1.68. The van der Waals surface area contributed by atoms with Crippen molar-refractivity contribution < 1.29 is 23.8 Å². The number of aldehydes is 1. The van der Waals surface area contributed by atoms with E-state index in [1.54, 1.807) is 23.6 Å². The zero-order chi connectivity index (χ0) is 19.1. The van der Waals surface area contributed by atoms with Crippen molar-refractivity contribution in [2.45, 2.75) is 26.2 Å². The van der Waals surface area contributed by atoms with Crippen LogP contribution in [0.2, 0.25) is 0 Å². The molecular weight excluding hydrogens is 370 g/mol. The van der Waals surface area contributed by atoms with E-state index in [-0.39, 0.29) is 35.0 Å². The highest BCUT2D eigenvalue weighted by molar-refractivity contribution is 7.99. The summed E-state index contributed by atoms with van der Waals surface area (Å²) in [7, 11) is 0. The Labute approximate surface area is 159 Å². The number of fused-ring (bicyclic) bond motifs is 3. The molecule has 4 rings (SSSR count). The molecular formula is C19H19NO6S. The van der Waals surface area contributed by atoms with E-state index in [2.05, 4.69) is 0 Å². The number of hydrogen-bond acceptors (Lipinski definition) is 7. The fourth-order valence-corrected chi connectivity index (χ4v) is 4.70. The molecule has 2 aromatic rings. The lowest BCUT2D eigenvalue weighted by atomic mass is 9.92. The number of aryl methyl sites for hydroxylation is 2. The molecule has 0 spiro atoms. The summed E-state index contributed by atoms with van der Waals surface area (Å²) in [5, 5.41) is 11.0. The van der Waals surface area contributed by atoms with Crippen LogP contribution in [0.15, 0.2) is 9.21 Å². The Hall–Kier alpha value is -2.48. The minimum atomic E-state index is -0.653. The number of benzene rings is 1. The van der Waals surface area contributed by atoms with Crippen LogP contribution in [0.3, 0.4) is 0 Å². The zero-order valence-corrected chi connectivity index (χ0v) is 15.7. The first-order valence-electron chi connectivity index (χ1n) is 8.80. The molecule has 27 heavy (non-hydrogen) atoms. The molecule has 0 radical (unpaired) electrons. The Morgan fingerprint density at radius 1 is 1.41 bits per heavy atom. The second-order valence-corrected chi connectivity index (χ2v) is 7.78. The Balaban J connectivity index is 1.92. The molecule has 0 saturated carbocycles. The van der Waals surface area contributed by atoms with E-state index < -0.39 is 5.63 Å². The minimum absolute atomic E-state index is 0.0441. The fraction of sp³-hybridized carbons (Fsp3) is 0.421. The van der Waals surface area contributed by atoms with E-state index in [0.717, 1.165) is 12.2 Å². The number of carbonyl (C=O) groups is 2. The lowest BCUT2D eigenvalue weighted by Gasteiger charge is -2.22. The van der Waals surface area contributed by atoms with Crippen LogP contribution in [-0.2, 0) is 17.6 Å². The third kappa shape index (κ3) is 2.88. The maximum absolute atomic E-state index is 12.6. The summed E-state index contributed by atoms with van der Waals surface area (Å²) < 4.78 is 11.0. The molecule has 7 nitrogen and oxygen atoms in total. The van der Waals surface area contributed by atoms with Crippen LogP contribution in [0.5, 0.6) is 11.5 Å². The third-order valence-electron chi connectivity index (χ3n) is 5.16. The molecule has 0 unspecified atom stereocenters. The van der Waals surface area contributed by atoms with E-state index in [4.69, 9.17) is 9.15 Å². The maximum atomic E-state index is 12.6. The van der Waals surface area contributed by atoms with Gasteiger partial charge in [-0.3, -0.25) is 9.59 Å². The standard InChI is InChI=1S/C19H19NO6S/c1-10-12(7-14(22)20-4-6-27-9-20)19(24)26-17-13(8-21)16(23)18-11(15(10)17)3-2-5-25-18/h8,23H,2-7,9H2,1H3. The molecule has 1 fully saturated rings. The first kappa shape index (κ1) is 17.9. The average molecular weight is 389 g/mol. The number of amides is 1. The second-order valence-electron chi connectivity index (χ2n) is 6.71. The van der Waals surface area contributed by atoms with Gasteiger partial charge in [0.25, 0.3) is 0 Å². The SMILES string of the molecule is Cc1c(CC(=O)N2CCSC2)c(=O)oc2c(C=O)c(O)c3c(c12)CCCO3. The maximum Gasteiger partial charge on any atom is 0.340 e. The van der Waals surface area contributed by atoms with Crippen molar-refractivity contribution >= 4 is 34.9 Å². The van der Waals surface area contributed by atoms with Crippen LogP contribution in [0.4, 0.5) is 0 Å². The Kier molecular flexibility index (Phi) is 4.59. The van der Waals surface area contributed by atoms with E-state index in [1.165, 1.54) is 0 Å². The molecule has 142 valence electrons. The van der Waals surface area contributed by atoms with Crippen molar-refractivity contribution in [3.8, 4) is 11.5 Å². The molecule has 1 saturated heterocycles. The molecule has 0 bridgehead atoms. The highest BCUT2D eigenvalue weighted by Crippen LogP contribution is 2.43. The highest BCUT2D eigenvalue weighted by atomic mass is 32.2. The van der Waals surface area contributed by atoms with Crippen LogP contribution in [-0.4, -0.2) is 47.0 Å². The predicted octanol–water partition coefficient (Wildman–Crippen LogP) is 2.02. The van der Waals surface area contributed by atoms with Gasteiger partial charge in [0.05, 0.1) is 24.5 Å². The van der Waals surface area contributed by atoms with Gasteiger partial charge in [-0.2, -0.15) is 0 Å². The third-order valence-corrected chi connectivity index (χ3v) is 6.12. The summed E-state index contributed by atoms with van der Waals surface area (Å²) in [6.07, 6.45) is 1.80. The van der Waals surface area contributed by atoms with Gasteiger partial charge in [0.1, 0.15) is 5.56 Å². The zero-order valence-electron chi connectivity index (χ0n) is 14.9. The number of hydrogen-bond donors (Lipinski definition) is 1. The van der Waals surface area contributed by atoms with Gasteiger partial charge < -0.3 is 19.2 Å². The number of phenolic OH excluding ortho intramolecular Hbond substituents is 1. The van der Waals surface area contributed by atoms with Gasteiger partial charge in [-0.1, -0.05) is 0 Å². The van der Waals surface area contributed by atoms with Gasteiger partial charge in [-0.15, -0.1) is 11.8 Å². The first-order valence-corrected chi connectivity index (χ1v) is 9.96. The number of phenols is 1. The Morgan fingerprint density at radius 3 is 2.93 bits per heavy atom. The van der Waals surface area contributed by atoms with Gasteiger partial charge in [-0.05, 0) is 25.3 Å². The fourth-order valence-electron chi connectivity index (χ4n) is 3.72. The molecule has 0 atom stereocenters. The van der Waals surface area contributed by atoms with Crippen molar-refractivity contribution in [1.82, 2.24) is 4.90 Å². The van der Waals surface area contributed by atoms with Crippen LogP contribution in [0.1, 0.15) is 33.5 Å². The number of thioether (sulfide) groups is 1. The monoisotopic (exact) mass is 389 g/mol. The van der Waals surface area contributed by atoms with Gasteiger partial charge in [0.2, 0.25) is 5.91 Å². The Morgan fingerprint density at radius 2 is 2.22 bits per heavy atom. The van der Waals surface area contributed by atoms with Crippen molar-refractivity contribution in [2.24, 2.45) is 0 Å². The molecule has 1 amide bonds. The molecule has 1 aromatic carbocycles. The van der Waals surface area contributed by atoms with Crippen molar-refractivity contribution in [1.29, 1.82) is 0 Å². The lowest BCUT2D eigenvalue weighted by Crippen LogP contribution is -2.31. The first-order chi connectivity index (χ1) is 13.0. The van der Waals surface area contributed by atoms with Gasteiger partial charge in [-0.25, -0.2) is 4.79 Å². The number of ether oxygens (including phenoxy) is 1. The summed E-state index contributed by atoms with van der Waals surface area (Å²) in [5.74, 6) is 1.37. The van der Waals surface area contributed by atoms with E-state index in [9.17, 15) is 19.5 Å². The number of rotatable bonds is 3. The number of aromatic hydroxyl groups is 1. The summed E-state index contributed by atoms with van der Waals surface area (Å²) in [6.45, 7) is 2.87. The van der Waals surface area contributed by atoms with Gasteiger partial charge in [0.15, 0.2) is 23.4 Å². The topological polar surface area (TPSA) is 97.1 Å². The summed E-state index contributed by atoms with van der Waals surface area (Å²) in [6, 6.07) is 0. The summed E-state index contributed by atoms with van der Waals surface area (Å²) in [5.41, 5.74) is 0.915. The quantitative estimate of drug-likeness (QED) is 0.634. The molecule has 1 aromatic heterocycles. The summed E-state index contributed by atoms with van der Waals surface area (Å²) in [4.78, 5) is 38.4. The van der Waals surface area contributed by atoms with Crippen LogP contribution < -0.4 is 10.4 Å². The predicted molar refractivity (Wildman–Crippen MR) is 101 cm³/mol. The van der Waals surface area contributed by atoms with Crippen molar-refractivity contribution in [2.75, 3.05) is 24.8 Å². The molecule has 0 aliphatic carbocycles. The highest BCUT2D eigenvalue weighted by Gasteiger charge is 2.28. The van der Waals surface area contributed by atoms with Gasteiger partial charge in [0, 0.05) is 23.2 Å². The van der Waals surface area contributed by atoms with E-state index >= 15 is 0 Å². The second kappa shape index (κ2) is 6.92. The van der Waals surface area contributed by atoms with E-state index in [1.807, 2.05) is 0 Å². The smallest absolute Gasteiger partial charge is 0.340 e. The largest absolute Gasteiger partial charge is 0.504 e. The molecule has 8 heteroatoms. The lowest BCUT2D eigenvalue weighted by molar-refractivity contribution is -0.129. The minimum Gasteiger partial charge on any atom is -0.504 e. The normalized spacial score (nSPS) is 16.3. The molecule has 1 N–H and O–H groups in total. The molecule has 2 aliphatic rings. The number of nitrogens with zero attached hydrogens (tertiary/aromatic N) is 1. The van der Waals surface area contributed by atoms with Crippen molar-refractivity contribution in [3.63, 3.8) is 0 Å². The molecule has 3 heterocycles. The van der Waals surface area contributed by atoms with Gasteiger partial charge >= 0.3 is 5.63 Å². The van der Waals surface area contributed by atoms with Crippen molar-refractivity contribution in [3.05, 3.63) is 32.7 Å². The van der Waals surface area contributed by atoms with Crippen LogP contribution >= 0.6 is 11.8 Å².